The Hall–Kier alpha value is -2.37. The van der Waals surface area contributed by atoms with Crippen molar-refractivity contribution >= 4 is 17.3 Å². The highest BCUT2D eigenvalue weighted by Crippen LogP contribution is 2.29. The average molecular weight is 243 g/mol. The fourth-order valence-corrected chi connectivity index (χ4v) is 2.27. The Morgan fingerprint density at radius 1 is 1.44 bits per heavy atom. The van der Waals surface area contributed by atoms with Crippen LogP contribution < -0.4 is 10.6 Å². The molecule has 1 aliphatic rings. The number of nitrogens with two attached hydrogens (primary N) is 1. The molecule has 92 valence electrons. The van der Waals surface area contributed by atoms with Gasteiger partial charge in [0, 0.05) is 17.9 Å². The molecule has 6 heteroatoms. The maximum Gasteiger partial charge on any atom is 0.280 e. The van der Waals surface area contributed by atoms with E-state index in [2.05, 4.69) is 15.4 Å². The van der Waals surface area contributed by atoms with Crippen LogP contribution in [0.2, 0.25) is 0 Å². The molecule has 6 nitrogen and oxygen atoms in total. The zero-order valence-corrected chi connectivity index (χ0v) is 9.76. The van der Waals surface area contributed by atoms with E-state index in [0.29, 0.717) is 12.2 Å². The molecular weight excluding hydrogens is 230 g/mol. The summed E-state index contributed by atoms with van der Waals surface area (Å²) in [6.07, 6.45) is 3.32. The molecule has 3 N–H and O–H groups in total. The Bertz CT molecular complexity index is 578. The third-order valence-electron chi connectivity index (χ3n) is 3.10. The van der Waals surface area contributed by atoms with Crippen molar-refractivity contribution in [2.24, 2.45) is 0 Å². The van der Waals surface area contributed by atoms with Crippen molar-refractivity contribution in [2.45, 2.75) is 12.8 Å². The van der Waals surface area contributed by atoms with Crippen molar-refractivity contribution in [3.05, 3.63) is 35.7 Å². The van der Waals surface area contributed by atoms with Crippen LogP contribution in [0.3, 0.4) is 0 Å². The van der Waals surface area contributed by atoms with E-state index in [-0.39, 0.29) is 5.91 Å². The lowest BCUT2D eigenvalue weighted by Crippen LogP contribution is -2.35. The van der Waals surface area contributed by atoms with Crippen molar-refractivity contribution in [3.8, 4) is 0 Å². The van der Waals surface area contributed by atoms with Crippen LogP contribution in [-0.2, 0) is 6.42 Å². The van der Waals surface area contributed by atoms with Crippen LogP contribution in [0.1, 0.15) is 22.5 Å². The Morgan fingerprint density at radius 2 is 2.33 bits per heavy atom. The minimum atomic E-state index is -0.130. The fourth-order valence-electron chi connectivity index (χ4n) is 2.27. The molecule has 0 unspecified atom stereocenters. The van der Waals surface area contributed by atoms with E-state index in [1.165, 1.54) is 6.20 Å². The molecule has 2 aromatic rings. The number of carbonyl (C=O) groups is 1. The summed E-state index contributed by atoms with van der Waals surface area (Å²) >= 11 is 0. The monoisotopic (exact) mass is 243 g/mol. The minimum Gasteiger partial charge on any atom is -0.399 e. The van der Waals surface area contributed by atoms with Gasteiger partial charge in [-0.3, -0.25) is 4.79 Å². The summed E-state index contributed by atoms with van der Waals surface area (Å²) in [4.78, 5) is 14.0. The van der Waals surface area contributed by atoms with Gasteiger partial charge in [-0.1, -0.05) is 0 Å². The number of hydrogen-bond donors (Lipinski definition) is 2. The van der Waals surface area contributed by atoms with Gasteiger partial charge in [0.25, 0.3) is 5.91 Å². The number of anilines is 2. The molecule has 0 radical (unpaired) electrons. The Morgan fingerprint density at radius 3 is 3.11 bits per heavy atom. The van der Waals surface area contributed by atoms with Gasteiger partial charge in [-0.25, -0.2) is 0 Å². The van der Waals surface area contributed by atoms with Crippen LogP contribution in [0.5, 0.6) is 0 Å². The number of aromatic nitrogens is 3. The largest absolute Gasteiger partial charge is 0.399 e. The maximum absolute atomic E-state index is 12.3. The smallest absolute Gasteiger partial charge is 0.280 e. The lowest BCUT2D eigenvalue weighted by Gasteiger charge is -2.29. The second kappa shape index (κ2) is 4.14. The van der Waals surface area contributed by atoms with E-state index in [1.807, 2.05) is 18.2 Å². The maximum atomic E-state index is 12.3. The first-order valence-electron chi connectivity index (χ1n) is 5.82. The molecule has 1 amide bonds. The summed E-state index contributed by atoms with van der Waals surface area (Å²) in [6, 6.07) is 5.63. The summed E-state index contributed by atoms with van der Waals surface area (Å²) in [5.41, 5.74) is 8.86. The first-order chi connectivity index (χ1) is 8.75. The van der Waals surface area contributed by atoms with Crippen molar-refractivity contribution < 1.29 is 4.79 Å². The fraction of sp³-hybridized carbons (Fsp3) is 0.250. The Kier molecular flexibility index (Phi) is 2.47. The number of carbonyl (C=O) groups excluding carboxylic acids is 1. The molecule has 2 heterocycles. The van der Waals surface area contributed by atoms with E-state index in [4.69, 9.17) is 5.73 Å². The van der Waals surface area contributed by atoms with Crippen molar-refractivity contribution in [2.75, 3.05) is 17.2 Å². The molecule has 0 bridgehead atoms. The molecule has 3 rings (SSSR count). The molecule has 0 fully saturated rings. The number of hydrogen-bond acceptors (Lipinski definition) is 4. The molecule has 0 spiro atoms. The zero-order chi connectivity index (χ0) is 12.5. The molecular formula is C12H13N5O. The first-order valence-corrected chi connectivity index (χ1v) is 5.82. The van der Waals surface area contributed by atoms with E-state index >= 15 is 0 Å². The Labute approximate surface area is 104 Å². The molecule has 0 saturated heterocycles. The van der Waals surface area contributed by atoms with Gasteiger partial charge >= 0.3 is 0 Å². The highest BCUT2D eigenvalue weighted by Gasteiger charge is 2.24. The lowest BCUT2D eigenvalue weighted by molar-refractivity contribution is 0.0980. The summed E-state index contributed by atoms with van der Waals surface area (Å²) in [5.74, 6) is -0.130. The van der Waals surface area contributed by atoms with Crippen molar-refractivity contribution in [3.63, 3.8) is 0 Å². The summed E-state index contributed by atoms with van der Waals surface area (Å²) < 4.78 is 0. The van der Waals surface area contributed by atoms with Crippen LogP contribution in [0, 0.1) is 0 Å². The van der Waals surface area contributed by atoms with Gasteiger partial charge in [-0.05, 0) is 36.6 Å². The molecule has 1 aromatic heterocycles. The van der Waals surface area contributed by atoms with Crippen LogP contribution in [0.4, 0.5) is 11.4 Å². The number of nitrogens with zero attached hydrogens (tertiary/aromatic N) is 3. The SMILES string of the molecule is Nc1ccc2c(c1)CCCN2C(=O)c1cn[nH]n1. The normalized spacial score (nSPS) is 14.3. The number of rotatable bonds is 1. The van der Waals surface area contributed by atoms with Gasteiger partial charge in [-0.15, -0.1) is 0 Å². The molecule has 0 aliphatic carbocycles. The molecule has 0 saturated carbocycles. The number of aromatic amines is 1. The quantitative estimate of drug-likeness (QED) is 0.731. The second-order valence-electron chi connectivity index (χ2n) is 4.30. The van der Waals surface area contributed by atoms with Crippen molar-refractivity contribution in [1.29, 1.82) is 0 Å². The lowest BCUT2D eigenvalue weighted by atomic mass is 10.0. The number of fused-ring (bicyclic) bond motifs is 1. The van der Waals surface area contributed by atoms with Gasteiger partial charge in [-0.2, -0.15) is 15.4 Å². The van der Waals surface area contributed by atoms with Crippen LogP contribution in [0.15, 0.2) is 24.4 Å². The number of H-pyrrole nitrogens is 1. The van der Waals surface area contributed by atoms with Crippen LogP contribution in [-0.4, -0.2) is 27.9 Å². The van der Waals surface area contributed by atoms with Gasteiger partial charge < -0.3 is 10.6 Å². The standard InChI is InChI=1S/C12H13N5O/c13-9-3-4-11-8(6-9)2-1-5-17(11)12(18)10-7-14-16-15-10/h3-4,6-7H,1-2,5,13H2,(H,14,15,16). The van der Waals surface area contributed by atoms with Gasteiger partial charge in [0.2, 0.25) is 0 Å². The third-order valence-corrected chi connectivity index (χ3v) is 3.10. The molecule has 18 heavy (non-hydrogen) atoms. The number of benzene rings is 1. The third kappa shape index (κ3) is 1.71. The van der Waals surface area contributed by atoms with E-state index in [9.17, 15) is 4.79 Å². The molecule has 0 atom stereocenters. The second-order valence-corrected chi connectivity index (χ2v) is 4.30. The van der Waals surface area contributed by atoms with Gasteiger partial charge in [0.05, 0.1) is 6.20 Å². The number of amides is 1. The summed E-state index contributed by atoms with van der Waals surface area (Å²) in [6.45, 7) is 0.697. The highest BCUT2D eigenvalue weighted by atomic mass is 16.2. The summed E-state index contributed by atoms with van der Waals surface area (Å²) in [7, 11) is 0. The highest BCUT2D eigenvalue weighted by molar-refractivity contribution is 6.05. The zero-order valence-electron chi connectivity index (χ0n) is 9.76. The van der Waals surface area contributed by atoms with E-state index < -0.39 is 0 Å². The number of nitrogens with one attached hydrogen (secondary N) is 1. The van der Waals surface area contributed by atoms with Crippen LogP contribution in [0.25, 0.3) is 0 Å². The van der Waals surface area contributed by atoms with E-state index in [0.717, 1.165) is 29.8 Å². The van der Waals surface area contributed by atoms with Gasteiger partial charge in [0.1, 0.15) is 0 Å². The topological polar surface area (TPSA) is 87.9 Å². The summed E-state index contributed by atoms with van der Waals surface area (Å²) in [5, 5.41) is 9.95. The predicted octanol–water partition coefficient (Wildman–Crippen LogP) is 0.980. The average Bonchev–Trinajstić information content (AvgIpc) is 2.90. The predicted molar refractivity (Wildman–Crippen MR) is 67.2 cm³/mol. The van der Waals surface area contributed by atoms with Gasteiger partial charge in [0.15, 0.2) is 5.69 Å². The first kappa shape index (κ1) is 10.8. The molecule has 1 aliphatic heterocycles. The minimum absolute atomic E-state index is 0.130. The Balaban J connectivity index is 1.99. The molecule has 1 aromatic carbocycles. The number of nitrogen functional groups attached to an aromatic ring is 1. The van der Waals surface area contributed by atoms with E-state index in [1.54, 1.807) is 4.90 Å². The van der Waals surface area contributed by atoms with Crippen LogP contribution >= 0.6 is 0 Å². The van der Waals surface area contributed by atoms with Crippen molar-refractivity contribution in [1.82, 2.24) is 15.4 Å². The number of aryl methyl sites for hydroxylation is 1.